The van der Waals surface area contributed by atoms with Crippen molar-refractivity contribution in [3.8, 4) is 0 Å². The van der Waals surface area contributed by atoms with Gasteiger partial charge in [0.25, 0.3) is 0 Å². The van der Waals surface area contributed by atoms with Gasteiger partial charge in [-0.25, -0.2) is 4.98 Å². The molecule has 1 aliphatic heterocycles. The highest BCUT2D eigenvalue weighted by Crippen LogP contribution is 2.30. The number of nitrogens with one attached hydrogen (secondary N) is 2. The molecule has 2 fully saturated rings. The Labute approximate surface area is 198 Å². The number of likely N-dealkylation sites (tertiary alicyclic amines) is 1. The molecule has 2 heterocycles. The monoisotopic (exact) mass is 559 g/mol. The smallest absolute Gasteiger partial charge is 0.357 e. The maximum Gasteiger partial charge on any atom is 0.434 e. The van der Waals surface area contributed by atoms with E-state index in [1.165, 1.54) is 32.1 Å². The van der Waals surface area contributed by atoms with Gasteiger partial charge >= 0.3 is 6.18 Å². The number of hydrogen-bond acceptors (Lipinski definition) is 4. The molecule has 0 radical (unpaired) electrons. The topological polar surface area (TPSA) is 52.6 Å². The van der Waals surface area contributed by atoms with E-state index in [1.807, 2.05) is 6.92 Å². The third-order valence-electron chi connectivity index (χ3n) is 5.74. The quantitative estimate of drug-likeness (QED) is 0.302. The number of nitrogens with zero attached hydrogens (tertiary/aromatic N) is 3. The molecule has 0 atom stereocenters. The number of aliphatic imine (C=N–C) groups is 1. The van der Waals surface area contributed by atoms with Gasteiger partial charge in [-0.05, 0) is 32.6 Å². The number of hydrogen-bond donors (Lipinski definition) is 2. The molecule has 1 saturated carbocycles. The third-order valence-corrected chi connectivity index (χ3v) is 6.65. The van der Waals surface area contributed by atoms with Gasteiger partial charge in [-0.1, -0.05) is 19.3 Å². The lowest BCUT2D eigenvalue weighted by Crippen LogP contribution is -2.51. The minimum absolute atomic E-state index is 0. The number of piperidine rings is 1. The molecule has 1 aliphatic carbocycles. The number of rotatable bonds is 6. The Morgan fingerprint density at radius 3 is 2.50 bits per heavy atom. The Morgan fingerprint density at radius 2 is 1.90 bits per heavy atom. The first-order valence-electron chi connectivity index (χ1n) is 10.8. The van der Waals surface area contributed by atoms with E-state index in [0.29, 0.717) is 24.0 Å². The van der Waals surface area contributed by atoms with Crippen LogP contribution in [0.2, 0.25) is 0 Å². The van der Waals surface area contributed by atoms with Crippen molar-refractivity contribution < 1.29 is 13.2 Å². The SMILES string of the molecule is CCNC(=NCCc1nc(C(F)(F)F)cs1)NC1CCN(C2CCCCC2)CC1.I. The molecule has 2 N–H and O–H groups in total. The van der Waals surface area contributed by atoms with Crippen molar-refractivity contribution in [2.75, 3.05) is 26.2 Å². The summed E-state index contributed by atoms with van der Waals surface area (Å²) in [5.41, 5.74) is -0.809. The molecule has 10 heteroatoms. The Balaban J connectivity index is 0.00000320. The van der Waals surface area contributed by atoms with Crippen LogP contribution in [0.5, 0.6) is 0 Å². The van der Waals surface area contributed by atoms with Crippen molar-refractivity contribution in [2.45, 2.75) is 76.6 Å². The average Bonchev–Trinajstić information content (AvgIpc) is 3.19. The summed E-state index contributed by atoms with van der Waals surface area (Å²) >= 11 is 1.04. The first-order chi connectivity index (χ1) is 14.0. The normalized spacial score (nSPS) is 20.1. The minimum atomic E-state index is -4.37. The van der Waals surface area contributed by atoms with Gasteiger partial charge in [0, 0.05) is 50.1 Å². The van der Waals surface area contributed by atoms with Gasteiger partial charge in [0.05, 0.1) is 5.01 Å². The molecule has 0 unspecified atom stereocenters. The summed E-state index contributed by atoms with van der Waals surface area (Å²) in [6.45, 7) is 5.44. The standard InChI is InChI=1S/C20H32F3N5S.HI/c1-2-24-19(25-11-8-18-27-17(14-29-18)20(21,22)23)26-15-9-12-28(13-10-15)16-6-4-3-5-7-16;/h14-16H,2-13H2,1H3,(H2,24,25,26);1H. The Morgan fingerprint density at radius 1 is 1.20 bits per heavy atom. The highest BCUT2D eigenvalue weighted by molar-refractivity contribution is 14.0. The molecule has 172 valence electrons. The van der Waals surface area contributed by atoms with E-state index in [0.717, 1.165) is 61.2 Å². The van der Waals surface area contributed by atoms with E-state index in [4.69, 9.17) is 0 Å². The maximum atomic E-state index is 12.7. The van der Waals surface area contributed by atoms with Crippen LogP contribution in [0.15, 0.2) is 10.4 Å². The Kier molecular flexibility index (Phi) is 10.6. The van der Waals surface area contributed by atoms with Crippen LogP contribution < -0.4 is 10.6 Å². The van der Waals surface area contributed by atoms with Crippen molar-refractivity contribution in [1.29, 1.82) is 0 Å². The summed E-state index contributed by atoms with van der Waals surface area (Å²) < 4.78 is 38.0. The zero-order valence-electron chi connectivity index (χ0n) is 17.5. The van der Waals surface area contributed by atoms with E-state index in [-0.39, 0.29) is 24.0 Å². The lowest BCUT2D eigenvalue weighted by molar-refractivity contribution is -0.140. The largest absolute Gasteiger partial charge is 0.434 e. The van der Waals surface area contributed by atoms with E-state index < -0.39 is 11.9 Å². The summed E-state index contributed by atoms with van der Waals surface area (Å²) in [6.07, 6.45) is 5.04. The van der Waals surface area contributed by atoms with Gasteiger partial charge in [-0.15, -0.1) is 35.3 Å². The number of halogens is 4. The molecule has 0 amide bonds. The lowest BCUT2D eigenvalue weighted by Gasteiger charge is -2.39. The van der Waals surface area contributed by atoms with Crippen LogP contribution in [0.1, 0.15) is 62.6 Å². The highest BCUT2D eigenvalue weighted by atomic mass is 127. The molecule has 0 spiro atoms. The van der Waals surface area contributed by atoms with Crippen LogP contribution in [-0.4, -0.2) is 54.1 Å². The number of alkyl halides is 3. The third kappa shape index (κ3) is 7.81. The second-order valence-corrected chi connectivity index (χ2v) is 8.82. The summed E-state index contributed by atoms with van der Waals surface area (Å²) in [5, 5.41) is 8.30. The van der Waals surface area contributed by atoms with E-state index in [2.05, 4.69) is 25.5 Å². The second-order valence-electron chi connectivity index (χ2n) is 7.88. The molecule has 1 aromatic heterocycles. The van der Waals surface area contributed by atoms with Gasteiger partial charge in [-0.2, -0.15) is 13.2 Å². The minimum Gasteiger partial charge on any atom is -0.357 e. The van der Waals surface area contributed by atoms with Crippen LogP contribution in [0, 0.1) is 0 Å². The predicted molar refractivity (Wildman–Crippen MR) is 127 cm³/mol. The van der Waals surface area contributed by atoms with Crippen molar-refractivity contribution in [3.05, 3.63) is 16.1 Å². The number of guanidine groups is 1. The van der Waals surface area contributed by atoms with Crippen molar-refractivity contribution in [2.24, 2.45) is 4.99 Å². The summed E-state index contributed by atoms with van der Waals surface area (Å²) in [7, 11) is 0. The highest BCUT2D eigenvalue weighted by Gasteiger charge is 2.33. The molecular weight excluding hydrogens is 526 g/mol. The zero-order valence-corrected chi connectivity index (χ0v) is 20.7. The molecule has 1 saturated heterocycles. The molecule has 3 rings (SSSR count). The number of thiazole rings is 1. The molecule has 30 heavy (non-hydrogen) atoms. The van der Waals surface area contributed by atoms with Gasteiger partial charge in [-0.3, -0.25) is 4.99 Å². The number of aromatic nitrogens is 1. The van der Waals surface area contributed by atoms with Crippen molar-refractivity contribution in [1.82, 2.24) is 20.5 Å². The Hall–Kier alpha value is -0.620. The van der Waals surface area contributed by atoms with Crippen LogP contribution in [-0.2, 0) is 12.6 Å². The van der Waals surface area contributed by atoms with E-state index >= 15 is 0 Å². The Bertz CT molecular complexity index is 653. The average molecular weight is 559 g/mol. The maximum absolute atomic E-state index is 12.7. The fourth-order valence-corrected chi connectivity index (χ4v) is 4.98. The van der Waals surface area contributed by atoms with Crippen LogP contribution in [0.3, 0.4) is 0 Å². The van der Waals surface area contributed by atoms with E-state index in [1.54, 1.807) is 0 Å². The molecule has 0 bridgehead atoms. The van der Waals surface area contributed by atoms with Crippen LogP contribution in [0.4, 0.5) is 13.2 Å². The summed E-state index contributed by atoms with van der Waals surface area (Å²) in [6, 6.07) is 1.16. The fourth-order valence-electron chi connectivity index (χ4n) is 4.19. The van der Waals surface area contributed by atoms with Crippen LogP contribution in [0.25, 0.3) is 0 Å². The molecule has 2 aliphatic rings. The fraction of sp³-hybridized carbons (Fsp3) is 0.800. The zero-order chi connectivity index (χ0) is 20.7. The lowest BCUT2D eigenvalue weighted by atomic mass is 9.92. The molecule has 5 nitrogen and oxygen atoms in total. The van der Waals surface area contributed by atoms with Gasteiger partial charge in [0.1, 0.15) is 0 Å². The van der Waals surface area contributed by atoms with Gasteiger partial charge in [0.2, 0.25) is 0 Å². The molecule has 0 aromatic carbocycles. The van der Waals surface area contributed by atoms with Crippen molar-refractivity contribution in [3.63, 3.8) is 0 Å². The predicted octanol–water partition coefficient (Wildman–Crippen LogP) is 4.67. The van der Waals surface area contributed by atoms with Crippen molar-refractivity contribution >= 4 is 41.3 Å². The molecular formula is C20H33F3IN5S. The van der Waals surface area contributed by atoms with Gasteiger partial charge < -0.3 is 15.5 Å². The first-order valence-corrected chi connectivity index (χ1v) is 11.6. The summed E-state index contributed by atoms with van der Waals surface area (Å²) in [4.78, 5) is 10.9. The van der Waals surface area contributed by atoms with E-state index in [9.17, 15) is 13.2 Å². The van der Waals surface area contributed by atoms with Crippen LogP contribution >= 0.6 is 35.3 Å². The summed E-state index contributed by atoms with van der Waals surface area (Å²) in [5.74, 6) is 0.746. The molecule has 1 aromatic rings. The first kappa shape index (κ1) is 25.6. The van der Waals surface area contributed by atoms with Gasteiger partial charge in [0.15, 0.2) is 11.7 Å². The second kappa shape index (κ2) is 12.4.